The second-order valence-corrected chi connectivity index (χ2v) is 7.49. The first-order chi connectivity index (χ1) is 14.8. The van der Waals surface area contributed by atoms with Crippen LogP contribution in [0.15, 0.2) is 36.4 Å². The molecule has 1 aliphatic rings. The Kier molecular flexibility index (Phi) is 7.17. The highest BCUT2D eigenvalue weighted by molar-refractivity contribution is 6.00. The summed E-state index contributed by atoms with van der Waals surface area (Å²) in [5, 5.41) is 9.74. The van der Waals surface area contributed by atoms with Crippen LogP contribution in [0.3, 0.4) is 0 Å². The third-order valence-corrected chi connectivity index (χ3v) is 4.92. The SMILES string of the molecule is COCOc1cc(OC)cc(-c2cccc([C@H]3OC(C)(C)O[C@@H]3CO)c2)c1C(=O)OC. The van der Waals surface area contributed by atoms with Gasteiger partial charge < -0.3 is 33.5 Å². The predicted molar refractivity (Wildman–Crippen MR) is 112 cm³/mol. The number of methoxy groups -OCH3 is 3. The molecule has 0 saturated carbocycles. The quantitative estimate of drug-likeness (QED) is 0.502. The Morgan fingerprint density at radius 1 is 1.13 bits per heavy atom. The molecular formula is C23H28O8. The Bertz CT molecular complexity index is 924. The molecule has 168 valence electrons. The van der Waals surface area contributed by atoms with E-state index in [0.29, 0.717) is 11.3 Å². The molecule has 0 amide bonds. The minimum Gasteiger partial charge on any atom is -0.497 e. The lowest BCUT2D eigenvalue weighted by Crippen LogP contribution is -2.23. The van der Waals surface area contributed by atoms with Gasteiger partial charge in [-0.1, -0.05) is 18.2 Å². The molecule has 1 heterocycles. The van der Waals surface area contributed by atoms with Crippen LogP contribution >= 0.6 is 0 Å². The maximum Gasteiger partial charge on any atom is 0.342 e. The molecule has 1 fully saturated rings. The van der Waals surface area contributed by atoms with Gasteiger partial charge in [-0.3, -0.25) is 0 Å². The molecule has 1 N–H and O–H groups in total. The van der Waals surface area contributed by atoms with Crippen LogP contribution < -0.4 is 9.47 Å². The molecular weight excluding hydrogens is 404 g/mol. The first-order valence-electron chi connectivity index (χ1n) is 9.82. The Morgan fingerprint density at radius 2 is 1.90 bits per heavy atom. The van der Waals surface area contributed by atoms with E-state index in [9.17, 15) is 9.90 Å². The van der Waals surface area contributed by atoms with Crippen molar-refractivity contribution in [3.8, 4) is 22.6 Å². The number of carbonyl (C=O) groups excluding carboxylic acids is 1. The zero-order valence-corrected chi connectivity index (χ0v) is 18.3. The number of ether oxygens (including phenoxy) is 6. The summed E-state index contributed by atoms with van der Waals surface area (Å²) in [6, 6.07) is 10.8. The second kappa shape index (κ2) is 9.65. The van der Waals surface area contributed by atoms with E-state index < -0.39 is 24.0 Å². The summed E-state index contributed by atoms with van der Waals surface area (Å²) < 4.78 is 32.8. The van der Waals surface area contributed by atoms with Crippen LogP contribution in [-0.2, 0) is 18.9 Å². The minimum absolute atomic E-state index is 0.0445. The van der Waals surface area contributed by atoms with Gasteiger partial charge in [0.15, 0.2) is 12.6 Å². The monoisotopic (exact) mass is 432 g/mol. The highest BCUT2D eigenvalue weighted by atomic mass is 16.8. The smallest absolute Gasteiger partial charge is 0.342 e. The van der Waals surface area contributed by atoms with Crippen molar-refractivity contribution in [2.45, 2.75) is 31.8 Å². The average Bonchev–Trinajstić information content (AvgIpc) is 3.11. The van der Waals surface area contributed by atoms with Crippen LogP contribution in [0.2, 0.25) is 0 Å². The normalized spacial score (nSPS) is 19.8. The van der Waals surface area contributed by atoms with Gasteiger partial charge in [0.1, 0.15) is 29.3 Å². The number of benzene rings is 2. The number of hydrogen-bond acceptors (Lipinski definition) is 8. The Hall–Kier alpha value is -2.65. The number of aliphatic hydroxyl groups excluding tert-OH is 1. The number of carbonyl (C=O) groups is 1. The minimum atomic E-state index is -0.817. The van der Waals surface area contributed by atoms with Crippen molar-refractivity contribution in [2.75, 3.05) is 34.7 Å². The van der Waals surface area contributed by atoms with E-state index in [4.69, 9.17) is 28.4 Å². The standard InChI is InChI=1S/C23H28O8/c1-23(2)30-19(12-24)21(31-23)15-8-6-7-14(9-15)17-10-16(27-4)11-18(29-13-26-3)20(17)22(25)28-5/h6-11,19,21,24H,12-13H2,1-5H3/t19-,21-/m1/s1. The zero-order chi connectivity index (χ0) is 22.6. The molecule has 2 aromatic carbocycles. The van der Waals surface area contributed by atoms with E-state index in [2.05, 4.69) is 0 Å². The van der Waals surface area contributed by atoms with Crippen molar-refractivity contribution in [3.05, 3.63) is 47.5 Å². The van der Waals surface area contributed by atoms with Gasteiger partial charge in [0.25, 0.3) is 0 Å². The van der Waals surface area contributed by atoms with Gasteiger partial charge in [0, 0.05) is 18.7 Å². The molecule has 8 heteroatoms. The summed E-state index contributed by atoms with van der Waals surface area (Å²) in [7, 11) is 4.33. The van der Waals surface area contributed by atoms with E-state index in [1.54, 1.807) is 26.0 Å². The van der Waals surface area contributed by atoms with E-state index in [0.717, 1.165) is 11.1 Å². The molecule has 0 aliphatic carbocycles. The molecule has 2 aromatic rings. The Morgan fingerprint density at radius 3 is 2.55 bits per heavy atom. The molecule has 1 saturated heterocycles. The maximum absolute atomic E-state index is 12.7. The molecule has 1 aliphatic heterocycles. The molecule has 31 heavy (non-hydrogen) atoms. The third-order valence-electron chi connectivity index (χ3n) is 4.92. The lowest BCUT2D eigenvalue weighted by atomic mass is 9.94. The number of aliphatic hydroxyl groups is 1. The first-order valence-corrected chi connectivity index (χ1v) is 9.82. The van der Waals surface area contributed by atoms with Gasteiger partial charge in [-0.2, -0.15) is 0 Å². The summed E-state index contributed by atoms with van der Waals surface area (Å²) >= 11 is 0. The molecule has 0 aromatic heterocycles. The third kappa shape index (κ3) is 4.99. The van der Waals surface area contributed by atoms with E-state index in [-0.39, 0.29) is 24.7 Å². The van der Waals surface area contributed by atoms with Crippen molar-refractivity contribution in [2.24, 2.45) is 0 Å². The molecule has 2 atom stereocenters. The van der Waals surface area contributed by atoms with E-state index in [1.807, 2.05) is 24.3 Å². The second-order valence-electron chi connectivity index (χ2n) is 7.49. The van der Waals surface area contributed by atoms with E-state index in [1.165, 1.54) is 21.3 Å². The van der Waals surface area contributed by atoms with Crippen LogP contribution in [0.5, 0.6) is 11.5 Å². The van der Waals surface area contributed by atoms with Gasteiger partial charge in [-0.15, -0.1) is 0 Å². The van der Waals surface area contributed by atoms with Gasteiger partial charge in [-0.25, -0.2) is 4.79 Å². The molecule has 0 bridgehead atoms. The van der Waals surface area contributed by atoms with E-state index >= 15 is 0 Å². The summed E-state index contributed by atoms with van der Waals surface area (Å²) in [5.41, 5.74) is 2.35. The van der Waals surface area contributed by atoms with Gasteiger partial charge >= 0.3 is 5.97 Å². The fourth-order valence-electron chi connectivity index (χ4n) is 3.62. The van der Waals surface area contributed by atoms with Crippen molar-refractivity contribution in [3.63, 3.8) is 0 Å². The highest BCUT2D eigenvalue weighted by Crippen LogP contribution is 2.41. The molecule has 3 rings (SSSR count). The fourth-order valence-corrected chi connectivity index (χ4v) is 3.62. The molecule has 0 spiro atoms. The average molecular weight is 432 g/mol. The number of esters is 1. The van der Waals surface area contributed by atoms with Crippen molar-refractivity contribution >= 4 is 5.97 Å². The van der Waals surface area contributed by atoms with Crippen molar-refractivity contribution in [1.82, 2.24) is 0 Å². The van der Waals surface area contributed by atoms with Crippen LogP contribution in [0.25, 0.3) is 11.1 Å². The van der Waals surface area contributed by atoms with Crippen LogP contribution in [0, 0.1) is 0 Å². The summed E-state index contributed by atoms with van der Waals surface area (Å²) in [6.45, 7) is 3.38. The largest absolute Gasteiger partial charge is 0.497 e. The number of hydrogen-bond donors (Lipinski definition) is 1. The Labute approximate surface area is 181 Å². The molecule has 0 unspecified atom stereocenters. The highest BCUT2D eigenvalue weighted by Gasteiger charge is 2.41. The fraction of sp³-hybridized carbons (Fsp3) is 0.435. The molecule has 8 nitrogen and oxygen atoms in total. The maximum atomic E-state index is 12.7. The van der Waals surface area contributed by atoms with Gasteiger partial charge in [0.05, 0.1) is 20.8 Å². The summed E-state index contributed by atoms with van der Waals surface area (Å²) in [6.07, 6.45) is -0.965. The lowest BCUT2D eigenvalue weighted by molar-refractivity contribution is -0.149. The van der Waals surface area contributed by atoms with Crippen LogP contribution in [0.4, 0.5) is 0 Å². The van der Waals surface area contributed by atoms with Crippen molar-refractivity contribution < 1.29 is 38.3 Å². The zero-order valence-electron chi connectivity index (χ0n) is 18.3. The first kappa shape index (κ1) is 23.0. The topological polar surface area (TPSA) is 92.7 Å². The predicted octanol–water partition coefficient (Wildman–Crippen LogP) is 3.32. The summed E-state index contributed by atoms with van der Waals surface area (Å²) in [4.78, 5) is 12.7. The lowest BCUT2D eigenvalue weighted by Gasteiger charge is -2.19. The van der Waals surface area contributed by atoms with Crippen LogP contribution in [-0.4, -0.2) is 57.7 Å². The van der Waals surface area contributed by atoms with Gasteiger partial charge in [0.2, 0.25) is 0 Å². The summed E-state index contributed by atoms with van der Waals surface area (Å²) in [5.74, 6) is -0.580. The number of rotatable bonds is 8. The van der Waals surface area contributed by atoms with Crippen LogP contribution in [0.1, 0.15) is 35.9 Å². The molecule has 0 radical (unpaired) electrons. The Balaban J connectivity index is 2.12. The van der Waals surface area contributed by atoms with Gasteiger partial charge in [-0.05, 0) is 37.1 Å². The van der Waals surface area contributed by atoms with Crippen molar-refractivity contribution in [1.29, 1.82) is 0 Å².